The van der Waals surface area contributed by atoms with Crippen molar-refractivity contribution in [3.8, 4) is 0 Å². The number of likely N-dealkylation sites (tertiary alicyclic amines) is 1. The van der Waals surface area contributed by atoms with Gasteiger partial charge in [0.2, 0.25) is 0 Å². The average Bonchev–Trinajstić information content (AvgIpc) is 3.08. The fourth-order valence-electron chi connectivity index (χ4n) is 3.69. The highest BCUT2D eigenvalue weighted by atomic mass is 19.1. The summed E-state index contributed by atoms with van der Waals surface area (Å²) in [4.78, 5) is 25.8. The maximum absolute atomic E-state index is 13.6. The summed E-state index contributed by atoms with van der Waals surface area (Å²) < 4.78 is 23.7. The summed E-state index contributed by atoms with van der Waals surface area (Å²) in [6.45, 7) is 0.490. The summed E-state index contributed by atoms with van der Waals surface area (Å²) in [5, 5.41) is 0. The number of hydrogen-bond acceptors (Lipinski definition) is 4. The highest BCUT2D eigenvalue weighted by Crippen LogP contribution is 2.44. The van der Waals surface area contributed by atoms with Crippen molar-refractivity contribution in [3.63, 3.8) is 0 Å². The monoisotopic (exact) mass is 321 g/mol. The minimum absolute atomic E-state index is 0.00150. The van der Waals surface area contributed by atoms with Crippen LogP contribution >= 0.6 is 0 Å². The van der Waals surface area contributed by atoms with Crippen LogP contribution in [0, 0.1) is 11.8 Å². The molecule has 1 heterocycles. The zero-order chi connectivity index (χ0) is 16.4. The van der Waals surface area contributed by atoms with Crippen molar-refractivity contribution < 1.29 is 23.5 Å². The van der Waals surface area contributed by atoms with Crippen molar-refractivity contribution in [2.75, 3.05) is 13.7 Å². The Morgan fingerprint density at radius 2 is 2.00 bits per heavy atom. The van der Waals surface area contributed by atoms with Crippen LogP contribution < -0.4 is 0 Å². The lowest BCUT2D eigenvalue weighted by Gasteiger charge is -2.25. The normalized spacial score (nSPS) is 29.2. The molecule has 1 amide bonds. The van der Waals surface area contributed by atoms with E-state index >= 15 is 0 Å². The first kappa shape index (κ1) is 15.8. The minimum atomic E-state index is -0.903. The Morgan fingerprint density at radius 1 is 1.26 bits per heavy atom. The SMILES string of the molecule is COC(=O)[C@@H]1[C@@H]2CC(F)C[C@@H]2CN1C(=O)OCc1ccccc1. The van der Waals surface area contributed by atoms with Crippen molar-refractivity contribution in [1.29, 1.82) is 0 Å². The molecule has 0 spiro atoms. The molecule has 23 heavy (non-hydrogen) atoms. The molecule has 1 aromatic rings. The van der Waals surface area contributed by atoms with Crippen molar-refractivity contribution in [2.24, 2.45) is 11.8 Å². The fourth-order valence-corrected chi connectivity index (χ4v) is 3.69. The van der Waals surface area contributed by atoms with Crippen LogP contribution in [-0.4, -0.2) is 42.8 Å². The van der Waals surface area contributed by atoms with E-state index in [-0.39, 0.29) is 18.4 Å². The number of hydrogen-bond donors (Lipinski definition) is 0. The zero-order valence-corrected chi connectivity index (χ0v) is 13.0. The van der Waals surface area contributed by atoms with Crippen LogP contribution in [0.25, 0.3) is 0 Å². The lowest BCUT2D eigenvalue weighted by molar-refractivity contribution is -0.146. The van der Waals surface area contributed by atoms with Gasteiger partial charge in [-0.1, -0.05) is 30.3 Å². The van der Waals surface area contributed by atoms with Crippen LogP contribution in [0.15, 0.2) is 30.3 Å². The number of carbonyl (C=O) groups is 2. The number of fused-ring (bicyclic) bond motifs is 1. The quantitative estimate of drug-likeness (QED) is 0.803. The molecule has 0 bridgehead atoms. The molecule has 124 valence electrons. The van der Waals surface area contributed by atoms with Gasteiger partial charge in [-0.15, -0.1) is 0 Å². The third-order valence-corrected chi connectivity index (χ3v) is 4.75. The summed E-state index contributed by atoms with van der Waals surface area (Å²) in [6.07, 6.45) is -0.762. The Morgan fingerprint density at radius 3 is 2.70 bits per heavy atom. The van der Waals surface area contributed by atoms with Crippen molar-refractivity contribution >= 4 is 12.1 Å². The molecule has 0 N–H and O–H groups in total. The molecule has 4 atom stereocenters. The van der Waals surface area contributed by atoms with E-state index < -0.39 is 24.3 Å². The van der Waals surface area contributed by atoms with Gasteiger partial charge in [-0.25, -0.2) is 14.0 Å². The Bertz CT molecular complexity index is 579. The number of ether oxygens (including phenoxy) is 2. The number of alkyl halides is 1. The number of methoxy groups -OCH3 is 1. The van der Waals surface area contributed by atoms with Crippen LogP contribution in [0.2, 0.25) is 0 Å². The number of esters is 1. The van der Waals surface area contributed by atoms with Crippen LogP contribution in [-0.2, 0) is 20.9 Å². The number of halogens is 1. The third kappa shape index (κ3) is 3.16. The van der Waals surface area contributed by atoms with E-state index in [0.29, 0.717) is 19.4 Å². The van der Waals surface area contributed by atoms with E-state index in [2.05, 4.69) is 0 Å². The Kier molecular flexibility index (Phi) is 4.50. The van der Waals surface area contributed by atoms with Gasteiger partial charge in [-0.3, -0.25) is 4.90 Å². The predicted molar refractivity (Wildman–Crippen MR) is 80.2 cm³/mol. The van der Waals surface area contributed by atoms with E-state index in [4.69, 9.17) is 9.47 Å². The molecule has 0 aromatic heterocycles. The van der Waals surface area contributed by atoms with Crippen molar-refractivity contribution in [2.45, 2.75) is 31.7 Å². The third-order valence-electron chi connectivity index (χ3n) is 4.75. The first-order valence-corrected chi connectivity index (χ1v) is 7.79. The molecule has 3 rings (SSSR count). The molecule has 1 aliphatic heterocycles. The Hall–Kier alpha value is -2.11. The minimum Gasteiger partial charge on any atom is -0.467 e. The second kappa shape index (κ2) is 6.56. The van der Waals surface area contributed by atoms with Gasteiger partial charge in [-0.05, 0) is 30.2 Å². The molecule has 1 saturated carbocycles. The molecule has 1 aliphatic carbocycles. The zero-order valence-electron chi connectivity index (χ0n) is 13.0. The van der Waals surface area contributed by atoms with Crippen LogP contribution in [0.3, 0.4) is 0 Å². The van der Waals surface area contributed by atoms with E-state index in [1.807, 2.05) is 30.3 Å². The number of carbonyl (C=O) groups excluding carboxylic acids is 2. The molecule has 5 nitrogen and oxygen atoms in total. The second-order valence-corrected chi connectivity index (χ2v) is 6.15. The smallest absolute Gasteiger partial charge is 0.410 e. The maximum atomic E-state index is 13.6. The first-order chi connectivity index (χ1) is 11.1. The fraction of sp³-hybridized carbons (Fsp3) is 0.529. The molecule has 0 radical (unpaired) electrons. The second-order valence-electron chi connectivity index (χ2n) is 6.15. The topological polar surface area (TPSA) is 55.8 Å². The van der Waals surface area contributed by atoms with Gasteiger partial charge in [0, 0.05) is 6.54 Å². The lowest BCUT2D eigenvalue weighted by Crippen LogP contribution is -2.44. The Labute approximate surface area is 134 Å². The number of amides is 1. The standard InChI is InChI=1S/C17H20FNO4/c1-22-16(20)15-14-8-13(18)7-12(14)9-19(15)17(21)23-10-11-5-3-2-4-6-11/h2-6,12-15H,7-10H2,1H3/t12-,13?,14-,15+/m1/s1. The molecular formula is C17H20FNO4. The largest absolute Gasteiger partial charge is 0.467 e. The highest BCUT2D eigenvalue weighted by molar-refractivity contribution is 5.82. The molecule has 6 heteroatoms. The highest BCUT2D eigenvalue weighted by Gasteiger charge is 2.53. The summed E-state index contributed by atoms with van der Waals surface area (Å²) in [7, 11) is 1.28. The van der Waals surface area contributed by atoms with Gasteiger partial charge in [0.15, 0.2) is 0 Å². The predicted octanol–water partition coefficient (Wildman–Crippen LogP) is 2.54. The van der Waals surface area contributed by atoms with Gasteiger partial charge in [-0.2, -0.15) is 0 Å². The first-order valence-electron chi connectivity index (χ1n) is 7.79. The number of nitrogens with zero attached hydrogens (tertiary/aromatic N) is 1. The molecule has 1 aromatic carbocycles. The van der Waals surface area contributed by atoms with Crippen molar-refractivity contribution in [3.05, 3.63) is 35.9 Å². The van der Waals surface area contributed by atoms with Gasteiger partial charge in [0.05, 0.1) is 7.11 Å². The molecule has 2 aliphatic rings. The lowest BCUT2D eigenvalue weighted by atomic mass is 9.94. The molecule has 1 unspecified atom stereocenters. The van der Waals surface area contributed by atoms with Gasteiger partial charge in [0.1, 0.15) is 18.8 Å². The van der Waals surface area contributed by atoms with E-state index in [1.54, 1.807) is 0 Å². The van der Waals surface area contributed by atoms with E-state index in [9.17, 15) is 14.0 Å². The summed E-state index contributed by atoms with van der Waals surface area (Å²) in [5.74, 6) is -0.677. The van der Waals surface area contributed by atoms with Crippen molar-refractivity contribution in [1.82, 2.24) is 4.90 Å². The van der Waals surface area contributed by atoms with Gasteiger partial charge in [0.25, 0.3) is 0 Å². The number of benzene rings is 1. The van der Waals surface area contributed by atoms with Crippen LogP contribution in [0.4, 0.5) is 9.18 Å². The van der Waals surface area contributed by atoms with Crippen LogP contribution in [0.1, 0.15) is 18.4 Å². The van der Waals surface area contributed by atoms with Gasteiger partial charge < -0.3 is 9.47 Å². The summed E-state index contributed by atoms with van der Waals surface area (Å²) in [6, 6.07) is 8.58. The number of rotatable bonds is 3. The van der Waals surface area contributed by atoms with E-state index in [1.165, 1.54) is 12.0 Å². The summed E-state index contributed by atoms with van der Waals surface area (Å²) in [5.41, 5.74) is 0.874. The molecular weight excluding hydrogens is 301 g/mol. The van der Waals surface area contributed by atoms with E-state index in [0.717, 1.165) is 5.56 Å². The van der Waals surface area contributed by atoms with Crippen LogP contribution in [0.5, 0.6) is 0 Å². The maximum Gasteiger partial charge on any atom is 0.410 e. The summed E-state index contributed by atoms with van der Waals surface area (Å²) >= 11 is 0. The Balaban J connectivity index is 1.68. The van der Waals surface area contributed by atoms with Gasteiger partial charge >= 0.3 is 12.1 Å². The average molecular weight is 321 g/mol. The molecule has 1 saturated heterocycles. The molecule has 2 fully saturated rings.